The van der Waals surface area contributed by atoms with Gasteiger partial charge < -0.3 is 10.6 Å². The van der Waals surface area contributed by atoms with Crippen LogP contribution in [0.25, 0.3) is 0 Å². The molecule has 3 aromatic carbocycles. The van der Waals surface area contributed by atoms with Crippen LogP contribution >= 0.6 is 34.8 Å². The molecular weight excluding hydrogens is 588 g/mol. The molecule has 1 aliphatic carbocycles. The number of nitrogens with one attached hydrogen (secondary N) is 2. The number of hydrogen-bond acceptors (Lipinski definition) is 2. The number of anilines is 2. The van der Waals surface area contributed by atoms with Gasteiger partial charge in [-0.1, -0.05) is 17.7 Å². The first kappa shape index (κ1) is 28.0. The van der Waals surface area contributed by atoms with Gasteiger partial charge in [0, 0.05) is 12.0 Å². The fraction of sp³-hybridized carbons (Fsp3) is 0.167. The third-order valence-electron chi connectivity index (χ3n) is 5.73. The van der Waals surface area contributed by atoms with E-state index in [9.17, 15) is 40.3 Å². The molecule has 4 rings (SSSR count). The molecule has 2 atom stereocenters. The van der Waals surface area contributed by atoms with Crippen molar-refractivity contribution in [2.24, 2.45) is 5.92 Å². The van der Waals surface area contributed by atoms with E-state index in [2.05, 4.69) is 10.6 Å². The van der Waals surface area contributed by atoms with Crippen LogP contribution in [0, 0.1) is 29.2 Å². The minimum Gasteiger partial charge on any atom is -0.323 e. The number of alkyl halides is 5. The van der Waals surface area contributed by atoms with E-state index in [0.717, 1.165) is 24.3 Å². The Balaban J connectivity index is 1.57. The number of hydrogen-bond donors (Lipinski definition) is 2. The molecule has 3 aromatic rings. The van der Waals surface area contributed by atoms with Crippen LogP contribution in [-0.2, 0) is 11.0 Å². The molecule has 0 aromatic heterocycles. The quantitative estimate of drug-likeness (QED) is 0.233. The summed E-state index contributed by atoms with van der Waals surface area (Å²) in [7, 11) is 0. The van der Waals surface area contributed by atoms with Gasteiger partial charge in [0.25, 0.3) is 5.91 Å². The molecule has 0 spiro atoms. The van der Waals surface area contributed by atoms with Crippen molar-refractivity contribution in [1.29, 1.82) is 0 Å². The topological polar surface area (TPSA) is 58.2 Å². The number of amides is 2. The molecule has 1 fully saturated rings. The molecule has 2 amide bonds. The van der Waals surface area contributed by atoms with Crippen LogP contribution in [0.4, 0.5) is 42.1 Å². The molecule has 0 bridgehead atoms. The SMILES string of the molecule is O=C(Nc1ccc(F)cc1F)c1cc(NC(=O)[C@H]2[C@H](c3ccc(F)c(C(F)(F)F)c3)C2(Cl)Cl)c(F)cc1Cl. The second-order valence-corrected chi connectivity index (χ2v) is 10.1. The van der Waals surface area contributed by atoms with Crippen LogP contribution in [0.5, 0.6) is 0 Å². The predicted octanol–water partition coefficient (Wildman–Crippen LogP) is 7.69. The zero-order valence-electron chi connectivity index (χ0n) is 18.4. The van der Waals surface area contributed by atoms with Crippen LogP contribution < -0.4 is 10.6 Å². The van der Waals surface area contributed by atoms with E-state index in [0.29, 0.717) is 24.3 Å². The lowest BCUT2D eigenvalue weighted by atomic mass is 10.0. The first-order valence-corrected chi connectivity index (χ1v) is 11.6. The lowest BCUT2D eigenvalue weighted by Crippen LogP contribution is -2.19. The van der Waals surface area contributed by atoms with Gasteiger partial charge >= 0.3 is 6.18 Å². The summed E-state index contributed by atoms with van der Waals surface area (Å²) < 4.78 is 92.6. The van der Waals surface area contributed by atoms with Crippen molar-refractivity contribution < 1.29 is 40.3 Å². The first-order valence-electron chi connectivity index (χ1n) is 10.4. The van der Waals surface area contributed by atoms with Gasteiger partial charge in [-0.15, -0.1) is 23.2 Å². The normalized spacial score (nSPS) is 18.2. The van der Waals surface area contributed by atoms with Crippen molar-refractivity contribution in [3.8, 4) is 0 Å². The van der Waals surface area contributed by atoms with E-state index in [1.165, 1.54) is 0 Å². The smallest absolute Gasteiger partial charge is 0.323 e. The lowest BCUT2D eigenvalue weighted by molar-refractivity contribution is -0.140. The molecule has 0 radical (unpaired) electrons. The van der Waals surface area contributed by atoms with Gasteiger partial charge in [0.1, 0.15) is 27.6 Å². The van der Waals surface area contributed by atoms with Crippen molar-refractivity contribution in [2.75, 3.05) is 10.6 Å². The Kier molecular flexibility index (Phi) is 7.32. The maximum absolute atomic E-state index is 14.5. The molecule has 38 heavy (non-hydrogen) atoms. The van der Waals surface area contributed by atoms with Crippen molar-refractivity contribution in [3.63, 3.8) is 0 Å². The summed E-state index contributed by atoms with van der Waals surface area (Å²) in [5.41, 5.74) is -3.15. The molecule has 0 saturated heterocycles. The molecule has 1 aliphatic rings. The van der Waals surface area contributed by atoms with Crippen LogP contribution in [0.15, 0.2) is 48.5 Å². The Bertz CT molecular complexity index is 1460. The first-order chi connectivity index (χ1) is 17.6. The van der Waals surface area contributed by atoms with Crippen LogP contribution in [-0.4, -0.2) is 16.1 Å². The zero-order chi connectivity index (χ0) is 28.2. The molecule has 0 heterocycles. The molecule has 2 N–H and O–H groups in total. The monoisotopic (exact) mass is 598 g/mol. The summed E-state index contributed by atoms with van der Waals surface area (Å²) in [5, 5.41) is 3.86. The maximum atomic E-state index is 14.5. The zero-order valence-corrected chi connectivity index (χ0v) is 20.6. The summed E-state index contributed by atoms with van der Waals surface area (Å²) in [5.74, 6) is -9.25. The van der Waals surface area contributed by atoms with Gasteiger partial charge in [0.05, 0.1) is 33.4 Å². The van der Waals surface area contributed by atoms with E-state index in [4.69, 9.17) is 34.8 Å². The number of halogens is 10. The van der Waals surface area contributed by atoms with Crippen molar-refractivity contribution >= 4 is 58.0 Å². The highest BCUT2D eigenvalue weighted by atomic mass is 35.5. The van der Waals surface area contributed by atoms with Crippen LogP contribution in [0.2, 0.25) is 5.02 Å². The summed E-state index contributed by atoms with van der Waals surface area (Å²) in [4.78, 5) is 25.4. The molecule has 14 heteroatoms. The van der Waals surface area contributed by atoms with Gasteiger partial charge in [0.15, 0.2) is 0 Å². The van der Waals surface area contributed by atoms with E-state index in [1.54, 1.807) is 0 Å². The third-order valence-corrected chi connectivity index (χ3v) is 6.98. The molecule has 1 saturated carbocycles. The minimum absolute atomic E-state index is 0.179. The Labute approximate surface area is 224 Å². The van der Waals surface area contributed by atoms with Gasteiger partial charge in [0.2, 0.25) is 5.91 Å². The predicted molar refractivity (Wildman–Crippen MR) is 126 cm³/mol. The highest BCUT2D eigenvalue weighted by molar-refractivity contribution is 6.53. The van der Waals surface area contributed by atoms with Crippen molar-refractivity contribution in [3.05, 3.63) is 93.5 Å². The van der Waals surface area contributed by atoms with Gasteiger partial charge in [-0.05, 0) is 42.0 Å². The second kappa shape index (κ2) is 9.94. The molecule has 0 aliphatic heterocycles. The van der Waals surface area contributed by atoms with Crippen molar-refractivity contribution in [2.45, 2.75) is 16.4 Å². The third kappa shape index (κ3) is 5.41. The van der Waals surface area contributed by atoms with Gasteiger partial charge in [-0.25, -0.2) is 17.6 Å². The molecular formula is C24H12Cl3F7N2O2. The average Bonchev–Trinajstić information content (AvgIpc) is 3.38. The van der Waals surface area contributed by atoms with Gasteiger partial charge in [-0.3, -0.25) is 9.59 Å². The molecule has 4 nitrogen and oxygen atoms in total. The fourth-order valence-corrected chi connectivity index (χ4v) is 4.90. The Morgan fingerprint density at radius 2 is 1.47 bits per heavy atom. The summed E-state index contributed by atoms with van der Waals surface area (Å²) in [6, 6.07) is 5.87. The van der Waals surface area contributed by atoms with E-state index in [-0.39, 0.29) is 5.56 Å². The minimum atomic E-state index is -5.02. The largest absolute Gasteiger partial charge is 0.419 e. The highest BCUT2D eigenvalue weighted by Crippen LogP contribution is 2.65. The average molecular weight is 600 g/mol. The summed E-state index contributed by atoms with van der Waals surface area (Å²) in [6.07, 6.45) is -5.02. The van der Waals surface area contributed by atoms with E-state index in [1.807, 2.05) is 0 Å². The molecule has 0 unspecified atom stereocenters. The Hall–Kier alpha value is -3.02. The number of benzene rings is 3. The van der Waals surface area contributed by atoms with E-state index < -0.39 is 85.0 Å². The highest BCUT2D eigenvalue weighted by Gasteiger charge is 2.67. The number of carbonyl (C=O) groups excluding carboxylic acids is 2. The summed E-state index contributed by atoms with van der Waals surface area (Å²) >= 11 is 18.2. The van der Waals surface area contributed by atoms with Gasteiger partial charge in [-0.2, -0.15) is 13.2 Å². The standard InChI is InChI=1S/C24H12Cl3F7N2O2/c25-13-8-16(31)18(7-11(13)21(37)35-17-4-2-10(28)6-15(17)30)36-22(38)20-19(23(20,26)27)9-1-3-14(29)12(5-9)24(32,33)34/h1-8,19-20H,(H,35,37)(H,36,38)/t19-,20+/m0/s1. The Morgan fingerprint density at radius 3 is 2.11 bits per heavy atom. The lowest BCUT2D eigenvalue weighted by Gasteiger charge is -2.12. The van der Waals surface area contributed by atoms with Crippen LogP contribution in [0.1, 0.15) is 27.4 Å². The fourth-order valence-electron chi connectivity index (χ4n) is 3.83. The van der Waals surface area contributed by atoms with Crippen molar-refractivity contribution in [1.82, 2.24) is 0 Å². The van der Waals surface area contributed by atoms with Crippen LogP contribution in [0.3, 0.4) is 0 Å². The van der Waals surface area contributed by atoms with E-state index >= 15 is 0 Å². The second-order valence-electron chi connectivity index (χ2n) is 8.25. The number of carbonyl (C=O) groups is 2. The maximum Gasteiger partial charge on any atom is 0.419 e. The Morgan fingerprint density at radius 1 is 0.816 bits per heavy atom. The number of rotatable bonds is 5. The summed E-state index contributed by atoms with van der Waals surface area (Å²) in [6.45, 7) is 0. The molecule has 200 valence electrons.